The fourth-order valence-electron chi connectivity index (χ4n) is 1.82. The molecule has 0 radical (unpaired) electrons. The molecule has 0 saturated heterocycles. The van der Waals surface area contributed by atoms with Crippen molar-refractivity contribution in [3.8, 4) is 6.07 Å². The van der Waals surface area contributed by atoms with Crippen LogP contribution in [0.4, 0.5) is 0 Å². The Balaban J connectivity index is 2.01. The number of nitriles is 1. The summed E-state index contributed by atoms with van der Waals surface area (Å²) in [5.74, 6) is -0.239. The molecule has 1 amide bonds. The maximum atomic E-state index is 12.1. The number of halogens is 1. The molecule has 0 saturated carbocycles. The number of ether oxygens (including phenoxy) is 1. The monoisotopic (exact) mass is 320 g/mol. The Labute approximate surface area is 131 Å². The van der Waals surface area contributed by atoms with Crippen LogP contribution in [0.15, 0.2) is 36.4 Å². The van der Waals surface area contributed by atoms with Gasteiger partial charge >= 0.3 is 0 Å². The molecule has 21 heavy (non-hydrogen) atoms. The lowest BCUT2D eigenvalue weighted by Crippen LogP contribution is -2.28. The molecule has 0 aliphatic rings. The van der Waals surface area contributed by atoms with Gasteiger partial charge in [-0.15, -0.1) is 11.3 Å². The van der Waals surface area contributed by atoms with E-state index in [-0.39, 0.29) is 12.0 Å². The standard InChI is InChI=1S/C15H13ClN2O2S/c1-20-12(13-5-6-14(16)21-13)9-18-15(19)11-4-2-3-10(7-11)8-17/h2-7,12H,9H2,1H3,(H,18,19)/t12-/m1/s1. The number of benzene rings is 1. The normalized spacial score (nSPS) is 11.7. The Hall–Kier alpha value is -1.87. The SMILES string of the molecule is CO[C@H](CNC(=O)c1cccc(C#N)c1)c1ccc(Cl)s1. The minimum atomic E-state index is -0.245. The molecule has 4 nitrogen and oxygen atoms in total. The molecule has 0 bridgehead atoms. The first kappa shape index (κ1) is 15.5. The minimum absolute atomic E-state index is 0.239. The average Bonchev–Trinajstić information content (AvgIpc) is 2.94. The van der Waals surface area contributed by atoms with E-state index in [1.807, 2.05) is 12.1 Å². The zero-order valence-corrected chi connectivity index (χ0v) is 12.9. The number of thiophene rings is 1. The number of nitrogens with zero attached hydrogens (tertiary/aromatic N) is 1. The maximum Gasteiger partial charge on any atom is 0.251 e. The van der Waals surface area contributed by atoms with E-state index in [1.54, 1.807) is 37.4 Å². The number of hydrogen-bond acceptors (Lipinski definition) is 4. The van der Waals surface area contributed by atoms with E-state index in [4.69, 9.17) is 21.6 Å². The summed E-state index contributed by atoms with van der Waals surface area (Å²) in [5, 5.41) is 11.6. The molecule has 2 rings (SSSR count). The van der Waals surface area contributed by atoms with Gasteiger partial charge in [-0.3, -0.25) is 4.79 Å². The molecule has 1 heterocycles. The van der Waals surface area contributed by atoms with Crippen LogP contribution in [0.1, 0.15) is 26.9 Å². The van der Waals surface area contributed by atoms with E-state index in [0.29, 0.717) is 22.0 Å². The molecule has 6 heteroatoms. The summed E-state index contributed by atoms with van der Waals surface area (Å²) < 4.78 is 6.05. The lowest BCUT2D eigenvalue weighted by atomic mass is 10.1. The molecule has 108 valence electrons. The molecule has 2 aromatic rings. The van der Waals surface area contributed by atoms with Crippen LogP contribution in [0.2, 0.25) is 4.34 Å². The van der Waals surface area contributed by atoms with Crippen LogP contribution in [-0.4, -0.2) is 19.6 Å². The van der Waals surface area contributed by atoms with E-state index in [1.165, 1.54) is 11.3 Å². The van der Waals surface area contributed by atoms with Gasteiger partial charge in [-0.05, 0) is 30.3 Å². The summed E-state index contributed by atoms with van der Waals surface area (Å²) in [6.45, 7) is 0.336. The van der Waals surface area contributed by atoms with Gasteiger partial charge in [0.2, 0.25) is 0 Å². The van der Waals surface area contributed by atoms with Gasteiger partial charge in [-0.2, -0.15) is 5.26 Å². The quantitative estimate of drug-likeness (QED) is 0.918. The number of carbonyl (C=O) groups is 1. The van der Waals surface area contributed by atoms with Crippen LogP contribution in [0.5, 0.6) is 0 Å². The lowest BCUT2D eigenvalue weighted by Gasteiger charge is -2.14. The first-order valence-electron chi connectivity index (χ1n) is 6.20. The molecule has 0 spiro atoms. The van der Waals surface area contributed by atoms with Crippen LogP contribution >= 0.6 is 22.9 Å². The van der Waals surface area contributed by atoms with Crippen molar-refractivity contribution in [2.75, 3.05) is 13.7 Å². The highest BCUT2D eigenvalue weighted by Crippen LogP contribution is 2.28. The van der Waals surface area contributed by atoms with Crippen molar-refractivity contribution < 1.29 is 9.53 Å². The van der Waals surface area contributed by atoms with Gasteiger partial charge in [-0.1, -0.05) is 17.7 Å². The van der Waals surface area contributed by atoms with Crippen LogP contribution in [0.25, 0.3) is 0 Å². The van der Waals surface area contributed by atoms with Crippen LogP contribution in [-0.2, 0) is 4.74 Å². The van der Waals surface area contributed by atoms with E-state index >= 15 is 0 Å². The number of carbonyl (C=O) groups excluding carboxylic acids is 1. The Morgan fingerprint density at radius 3 is 2.90 bits per heavy atom. The van der Waals surface area contributed by atoms with Crippen molar-refractivity contribution in [3.05, 3.63) is 56.7 Å². The van der Waals surface area contributed by atoms with E-state index in [2.05, 4.69) is 5.32 Å². The zero-order chi connectivity index (χ0) is 15.2. The zero-order valence-electron chi connectivity index (χ0n) is 11.3. The maximum absolute atomic E-state index is 12.1. The predicted octanol–water partition coefficient (Wildman–Crippen LogP) is 3.39. The first-order chi connectivity index (χ1) is 10.1. The van der Waals surface area contributed by atoms with Gasteiger partial charge in [-0.25, -0.2) is 0 Å². The highest BCUT2D eigenvalue weighted by Gasteiger charge is 2.15. The summed E-state index contributed by atoms with van der Waals surface area (Å²) >= 11 is 7.32. The second-order valence-electron chi connectivity index (χ2n) is 4.27. The van der Waals surface area contributed by atoms with Gasteiger partial charge in [0.15, 0.2) is 0 Å². The third kappa shape index (κ3) is 4.05. The van der Waals surface area contributed by atoms with Gasteiger partial charge in [0.05, 0.1) is 16.0 Å². The molecule has 1 N–H and O–H groups in total. The van der Waals surface area contributed by atoms with Crippen LogP contribution in [0, 0.1) is 11.3 Å². The van der Waals surface area contributed by atoms with Gasteiger partial charge in [0, 0.05) is 24.1 Å². The van der Waals surface area contributed by atoms with Crippen LogP contribution < -0.4 is 5.32 Å². The highest BCUT2D eigenvalue weighted by atomic mass is 35.5. The number of nitrogens with one attached hydrogen (secondary N) is 1. The number of rotatable bonds is 5. The summed E-state index contributed by atoms with van der Waals surface area (Å²) in [6.07, 6.45) is -0.245. The molecule has 1 atom stereocenters. The topological polar surface area (TPSA) is 62.1 Å². The Bertz CT molecular complexity index is 678. The lowest BCUT2D eigenvalue weighted by molar-refractivity contribution is 0.0837. The Kier molecular flexibility index (Phi) is 5.34. The summed E-state index contributed by atoms with van der Waals surface area (Å²) in [5.41, 5.74) is 0.907. The van der Waals surface area contributed by atoms with Crippen LogP contribution in [0.3, 0.4) is 0 Å². The van der Waals surface area contributed by atoms with Crippen molar-refractivity contribution in [3.63, 3.8) is 0 Å². The minimum Gasteiger partial charge on any atom is -0.374 e. The smallest absolute Gasteiger partial charge is 0.251 e. The molecule has 1 aromatic carbocycles. The first-order valence-corrected chi connectivity index (χ1v) is 7.40. The molecule has 1 aromatic heterocycles. The molecular formula is C15H13ClN2O2S. The second kappa shape index (κ2) is 7.23. The van der Waals surface area contributed by atoms with Crippen molar-refractivity contribution >= 4 is 28.8 Å². The molecule has 0 aliphatic heterocycles. The molecule has 0 fully saturated rings. The predicted molar refractivity (Wildman–Crippen MR) is 82.6 cm³/mol. The fourth-order valence-corrected chi connectivity index (χ4v) is 2.96. The summed E-state index contributed by atoms with van der Waals surface area (Å²) in [6, 6.07) is 12.2. The third-order valence-electron chi connectivity index (χ3n) is 2.90. The fraction of sp³-hybridized carbons (Fsp3) is 0.200. The molecular weight excluding hydrogens is 308 g/mol. The van der Waals surface area contributed by atoms with Crippen molar-refractivity contribution in [2.45, 2.75) is 6.10 Å². The highest BCUT2D eigenvalue weighted by molar-refractivity contribution is 7.16. The van der Waals surface area contributed by atoms with E-state index < -0.39 is 0 Å². The van der Waals surface area contributed by atoms with Gasteiger partial charge < -0.3 is 10.1 Å². The number of amides is 1. The van der Waals surface area contributed by atoms with Crippen molar-refractivity contribution in [1.82, 2.24) is 5.32 Å². The summed E-state index contributed by atoms with van der Waals surface area (Å²) in [4.78, 5) is 13.0. The largest absolute Gasteiger partial charge is 0.374 e. The van der Waals surface area contributed by atoms with Gasteiger partial charge in [0.1, 0.15) is 6.10 Å². The number of methoxy groups -OCH3 is 1. The van der Waals surface area contributed by atoms with Crippen molar-refractivity contribution in [2.24, 2.45) is 0 Å². The number of hydrogen-bond donors (Lipinski definition) is 1. The summed E-state index contributed by atoms with van der Waals surface area (Å²) in [7, 11) is 1.58. The Morgan fingerprint density at radius 2 is 2.29 bits per heavy atom. The van der Waals surface area contributed by atoms with Gasteiger partial charge in [0.25, 0.3) is 5.91 Å². The Morgan fingerprint density at radius 1 is 1.48 bits per heavy atom. The van der Waals surface area contributed by atoms with E-state index in [0.717, 1.165) is 4.88 Å². The van der Waals surface area contributed by atoms with Crippen molar-refractivity contribution in [1.29, 1.82) is 5.26 Å². The second-order valence-corrected chi connectivity index (χ2v) is 6.02. The third-order valence-corrected chi connectivity index (χ3v) is 4.22. The average molecular weight is 321 g/mol. The van der Waals surface area contributed by atoms with E-state index in [9.17, 15) is 4.79 Å². The molecule has 0 aliphatic carbocycles. The molecule has 0 unspecified atom stereocenters.